The van der Waals surface area contributed by atoms with E-state index in [-0.39, 0.29) is 12.6 Å². The highest BCUT2D eigenvalue weighted by Gasteiger charge is 2.01. The Morgan fingerprint density at radius 1 is 0.385 bits per heavy atom. The van der Waals surface area contributed by atoms with Crippen molar-refractivity contribution in [1.82, 2.24) is 0 Å². The number of rotatable bonds is 31. The van der Waals surface area contributed by atoms with Gasteiger partial charge in [-0.05, 0) is 13.3 Å². The minimum atomic E-state index is -0.235. The number of esters is 1. The van der Waals surface area contributed by atoms with E-state index in [1.54, 1.807) is 0 Å². The summed E-state index contributed by atoms with van der Waals surface area (Å²) in [5, 5.41) is 0. The molecule has 0 aromatic rings. The molecule has 0 aliphatic heterocycles. The fourth-order valence-corrected chi connectivity index (χ4v) is 4.98. The van der Waals surface area contributed by atoms with E-state index in [4.69, 9.17) is 9.47 Å². The van der Waals surface area contributed by atoms with Crippen LogP contribution in [-0.2, 0) is 14.3 Å². The zero-order valence-corrected chi connectivity index (χ0v) is 27.6. The van der Waals surface area contributed by atoms with Crippen LogP contribution < -0.4 is 0 Å². The smallest absolute Gasteiger partial charge is 0.332 e. The van der Waals surface area contributed by atoms with Gasteiger partial charge in [0.05, 0.1) is 6.61 Å². The van der Waals surface area contributed by atoms with Crippen molar-refractivity contribution in [2.75, 3.05) is 19.8 Å². The van der Waals surface area contributed by atoms with Gasteiger partial charge in [-0.25, -0.2) is 4.79 Å². The normalized spacial score (nSPS) is 10.9. The zero-order valence-electron chi connectivity index (χ0n) is 27.6. The minimum Gasteiger partial charge on any atom is -0.464 e. The van der Waals surface area contributed by atoms with Gasteiger partial charge in [0.15, 0.2) is 0 Å². The molecule has 39 heavy (non-hydrogen) atoms. The van der Waals surface area contributed by atoms with Gasteiger partial charge in [-0.1, -0.05) is 194 Å². The predicted molar refractivity (Wildman–Crippen MR) is 174 cm³/mol. The van der Waals surface area contributed by atoms with Crippen molar-refractivity contribution in [3.63, 3.8) is 0 Å². The Morgan fingerprint density at radius 3 is 0.897 bits per heavy atom. The zero-order chi connectivity index (χ0) is 28.9. The summed E-state index contributed by atoms with van der Waals surface area (Å²) in [6, 6.07) is 0. The van der Waals surface area contributed by atoms with Crippen LogP contribution in [0.15, 0.2) is 0 Å². The number of carbonyl (C=O) groups excluding carboxylic acids is 1. The average Bonchev–Trinajstić information content (AvgIpc) is 2.95. The fourth-order valence-electron chi connectivity index (χ4n) is 4.98. The fraction of sp³-hybridized carbons (Fsp3) is 0.972. The van der Waals surface area contributed by atoms with Crippen LogP contribution in [0, 0.1) is 0 Å². The quantitative estimate of drug-likeness (QED) is 0.0631. The summed E-state index contributed by atoms with van der Waals surface area (Å²) < 4.78 is 10.1. The molecule has 0 saturated carbocycles. The molecule has 3 nitrogen and oxygen atoms in total. The third-order valence-corrected chi connectivity index (χ3v) is 7.64. The first kappa shape index (κ1) is 40.6. The Labute approximate surface area is 247 Å². The van der Waals surface area contributed by atoms with E-state index in [0.717, 1.165) is 6.42 Å². The lowest BCUT2D eigenvalue weighted by atomic mass is 10.0. The van der Waals surface area contributed by atoms with Crippen molar-refractivity contribution in [3.05, 3.63) is 0 Å². The van der Waals surface area contributed by atoms with Crippen LogP contribution in [0.3, 0.4) is 0 Å². The van der Waals surface area contributed by atoms with Gasteiger partial charge in [0.2, 0.25) is 0 Å². The molecule has 0 radical (unpaired) electrons. The largest absolute Gasteiger partial charge is 0.464 e. The van der Waals surface area contributed by atoms with Crippen LogP contribution in [0.25, 0.3) is 0 Å². The highest BCUT2D eigenvalue weighted by Crippen LogP contribution is 2.14. The molecule has 0 spiro atoms. The number of hydrogen-bond acceptors (Lipinski definition) is 3. The summed E-state index contributed by atoms with van der Waals surface area (Å²) in [4.78, 5) is 11.2. The molecule has 0 unspecified atom stereocenters. The van der Waals surface area contributed by atoms with Crippen molar-refractivity contribution in [2.45, 2.75) is 207 Å². The molecule has 0 amide bonds. The Balaban J connectivity index is 0. The Bertz CT molecular complexity index is 410. The predicted octanol–water partition coefficient (Wildman–Crippen LogP) is 12.5. The van der Waals surface area contributed by atoms with Crippen molar-refractivity contribution >= 4 is 5.97 Å². The van der Waals surface area contributed by atoms with Gasteiger partial charge in [0.25, 0.3) is 0 Å². The van der Waals surface area contributed by atoms with E-state index >= 15 is 0 Å². The van der Waals surface area contributed by atoms with Gasteiger partial charge in [-0.3, -0.25) is 0 Å². The van der Waals surface area contributed by atoms with Crippen LogP contribution in [0.2, 0.25) is 0 Å². The molecule has 0 fully saturated rings. The first-order valence-electron chi connectivity index (χ1n) is 18.0. The van der Waals surface area contributed by atoms with Crippen LogP contribution >= 0.6 is 0 Å². The summed E-state index contributed by atoms with van der Waals surface area (Å²) in [5.74, 6) is -0.235. The van der Waals surface area contributed by atoms with Crippen LogP contribution in [0.4, 0.5) is 0 Å². The molecule has 0 rings (SSSR count). The topological polar surface area (TPSA) is 35.5 Å². The monoisotopic (exact) mass is 555 g/mol. The Hall–Kier alpha value is -0.570. The van der Waals surface area contributed by atoms with E-state index in [2.05, 4.69) is 20.8 Å². The molecule has 0 atom stereocenters. The van der Waals surface area contributed by atoms with Crippen molar-refractivity contribution in [2.24, 2.45) is 0 Å². The second kappa shape index (κ2) is 39.6. The minimum absolute atomic E-state index is 0.0924. The van der Waals surface area contributed by atoms with Gasteiger partial charge >= 0.3 is 5.97 Å². The lowest BCUT2D eigenvalue weighted by molar-refractivity contribution is -0.148. The van der Waals surface area contributed by atoms with E-state index in [0.29, 0.717) is 13.2 Å². The van der Waals surface area contributed by atoms with Crippen molar-refractivity contribution in [3.8, 4) is 0 Å². The molecule has 0 aliphatic carbocycles. The molecular formula is C36H74O3. The summed E-state index contributed by atoms with van der Waals surface area (Å²) >= 11 is 0. The van der Waals surface area contributed by atoms with E-state index in [9.17, 15) is 4.79 Å². The molecule has 0 N–H and O–H groups in total. The molecule has 0 aliphatic rings. The van der Waals surface area contributed by atoms with Gasteiger partial charge in [0.1, 0.15) is 6.61 Å². The lowest BCUT2D eigenvalue weighted by Gasteiger charge is -2.05. The molecule has 0 aromatic heterocycles. The van der Waals surface area contributed by atoms with Gasteiger partial charge in [0, 0.05) is 6.61 Å². The third-order valence-electron chi connectivity index (χ3n) is 7.64. The maximum Gasteiger partial charge on any atom is 0.332 e. The van der Waals surface area contributed by atoms with Crippen LogP contribution in [0.1, 0.15) is 207 Å². The standard InChI is InChI=1S/C20H40O3.C16H34/c1-3-5-6-7-8-9-10-11-12-13-14-15-16-17-18-23-20(21)19-22-4-2;1-3-5-7-9-11-13-15-16-14-12-10-8-6-4-2/h3-19H2,1-2H3;3-16H2,1-2H3. The van der Waals surface area contributed by atoms with E-state index < -0.39 is 0 Å². The Morgan fingerprint density at radius 2 is 0.641 bits per heavy atom. The van der Waals surface area contributed by atoms with Gasteiger partial charge in [-0.2, -0.15) is 0 Å². The lowest BCUT2D eigenvalue weighted by Crippen LogP contribution is -2.13. The maximum absolute atomic E-state index is 11.2. The number of ether oxygens (including phenoxy) is 2. The molecule has 3 heteroatoms. The summed E-state index contributed by atoms with van der Waals surface area (Å²) in [6.45, 7) is 9.93. The second-order valence-electron chi connectivity index (χ2n) is 11.7. The summed E-state index contributed by atoms with van der Waals surface area (Å²) in [7, 11) is 0. The first-order valence-corrected chi connectivity index (χ1v) is 18.0. The summed E-state index contributed by atoms with van der Waals surface area (Å²) in [6.07, 6.45) is 39.2. The molecule has 0 bridgehead atoms. The van der Waals surface area contributed by atoms with Crippen LogP contribution in [0.5, 0.6) is 0 Å². The molecule has 236 valence electrons. The molecule has 0 aromatic carbocycles. The van der Waals surface area contributed by atoms with Crippen molar-refractivity contribution < 1.29 is 14.3 Å². The average molecular weight is 555 g/mol. The number of unbranched alkanes of at least 4 members (excludes halogenated alkanes) is 26. The molecular weight excluding hydrogens is 480 g/mol. The van der Waals surface area contributed by atoms with Gasteiger partial charge < -0.3 is 9.47 Å². The van der Waals surface area contributed by atoms with Crippen LogP contribution in [-0.4, -0.2) is 25.8 Å². The molecule has 0 heterocycles. The highest BCUT2D eigenvalue weighted by atomic mass is 16.6. The van der Waals surface area contributed by atoms with E-state index in [1.807, 2.05) is 6.92 Å². The summed E-state index contributed by atoms with van der Waals surface area (Å²) in [5.41, 5.74) is 0. The number of hydrogen-bond donors (Lipinski definition) is 0. The maximum atomic E-state index is 11.2. The number of carbonyl (C=O) groups is 1. The Kier molecular flexibility index (Phi) is 41.2. The van der Waals surface area contributed by atoms with Crippen molar-refractivity contribution in [1.29, 1.82) is 0 Å². The highest BCUT2D eigenvalue weighted by molar-refractivity contribution is 5.70. The third kappa shape index (κ3) is 42.0. The second-order valence-corrected chi connectivity index (χ2v) is 11.7. The SMILES string of the molecule is CCCCCCCCCCCCCCCC.CCCCCCCCCCCCCCCCOC(=O)COCC. The van der Waals surface area contributed by atoms with E-state index in [1.165, 1.54) is 173 Å². The van der Waals surface area contributed by atoms with Gasteiger partial charge in [-0.15, -0.1) is 0 Å². The molecule has 0 saturated heterocycles. The first-order chi connectivity index (χ1) is 19.2.